The first-order valence-corrected chi connectivity index (χ1v) is 8.76. The molecule has 0 aliphatic heterocycles. The van der Waals surface area contributed by atoms with Gasteiger partial charge in [-0.2, -0.15) is 0 Å². The van der Waals surface area contributed by atoms with Crippen molar-refractivity contribution in [1.29, 1.82) is 0 Å². The Bertz CT molecular complexity index is 739. The van der Waals surface area contributed by atoms with E-state index in [0.29, 0.717) is 0 Å². The third-order valence-corrected chi connectivity index (χ3v) is 4.83. The molecule has 5 heteroatoms. The molecule has 2 atom stereocenters. The SMILES string of the molecule is C[C@@H](NC(=O)CN[C@@H](c1ccccc1)c1ccco1)c1cccs1. The fourth-order valence-corrected chi connectivity index (χ4v) is 3.31. The number of hydrogen-bond acceptors (Lipinski definition) is 4. The highest BCUT2D eigenvalue weighted by atomic mass is 32.1. The molecule has 0 unspecified atom stereocenters. The Hall–Kier alpha value is -2.37. The average molecular weight is 340 g/mol. The van der Waals surface area contributed by atoms with Gasteiger partial charge >= 0.3 is 0 Å². The summed E-state index contributed by atoms with van der Waals surface area (Å²) in [5.41, 5.74) is 1.06. The molecule has 124 valence electrons. The van der Waals surface area contributed by atoms with E-state index in [0.717, 1.165) is 16.2 Å². The average Bonchev–Trinajstić information content (AvgIpc) is 3.30. The van der Waals surface area contributed by atoms with Crippen LogP contribution >= 0.6 is 11.3 Å². The van der Waals surface area contributed by atoms with Crippen LogP contribution in [0.2, 0.25) is 0 Å². The summed E-state index contributed by atoms with van der Waals surface area (Å²) in [4.78, 5) is 13.4. The van der Waals surface area contributed by atoms with Crippen molar-refractivity contribution in [1.82, 2.24) is 10.6 Å². The first kappa shape index (κ1) is 16.5. The predicted molar refractivity (Wildman–Crippen MR) is 95.9 cm³/mol. The standard InChI is InChI=1S/C19H20N2O2S/c1-14(17-10-6-12-24-17)21-18(22)13-20-19(16-9-5-11-23-16)15-7-3-2-4-8-15/h2-12,14,19-20H,13H2,1H3,(H,21,22)/t14-,19+/m1/s1. The van der Waals surface area contributed by atoms with E-state index in [-0.39, 0.29) is 24.5 Å². The number of carbonyl (C=O) groups excluding carboxylic acids is 1. The molecule has 3 aromatic rings. The number of benzene rings is 1. The monoisotopic (exact) mass is 340 g/mol. The smallest absolute Gasteiger partial charge is 0.234 e. The van der Waals surface area contributed by atoms with Gasteiger partial charge in [0.25, 0.3) is 0 Å². The van der Waals surface area contributed by atoms with Crippen LogP contribution in [0.3, 0.4) is 0 Å². The second-order valence-electron chi connectivity index (χ2n) is 5.54. The number of carbonyl (C=O) groups is 1. The largest absolute Gasteiger partial charge is 0.467 e. The van der Waals surface area contributed by atoms with Crippen LogP contribution in [-0.4, -0.2) is 12.5 Å². The Kier molecular flexibility index (Phi) is 5.46. The van der Waals surface area contributed by atoms with Crippen LogP contribution in [0.1, 0.15) is 35.2 Å². The van der Waals surface area contributed by atoms with Crippen LogP contribution in [-0.2, 0) is 4.79 Å². The summed E-state index contributed by atoms with van der Waals surface area (Å²) in [5, 5.41) is 8.31. The zero-order chi connectivity index (χ0) is 16.8. The number of furan rings is 1. The molecule has 4 nitrogen and oxygen atoms in total. The third kappa shape index (κ3) is 4.13. The van der Waals surface area contributed by atoms with E-state index in [9.17, 15) is 4.79 Å². The molecule has 0 saturated carbocycles. The molecule has 2 N–H and O–H groups in total. The highest BCUT2D eigenvalue weighted by Gasteiger charge is 2.18. The molecular formula is C19H20N2O2S. The van der Waals surface area contributed by atoms with Crippen molar-refractivity contribution in [2.24, 2.45) is 0 Å². The molecule has 1 amide bonds. The Morgan fingerprint density at radius 1 is 1.12 bits per heavy atom. The van der Waals surface area contributed by atoms with Crippen molar-refractivity contribution in [3.05, 3.63) is 82.4 Å². The Morgan fingerprint density at radius 2 is 1.96 bits per heavy atom. The summed E-state index contributed by atoms with van der Waals surface area (Å²) in [5.74, 6) is 0.753. The van der Waals surface area contributed by atoms with Crippen molar-refractivity contribution >= 4 is 17.2 Å². The van der Waals surface area contributed by atoms with Crippen molar-refractivity contribution in [3.8, 4) is 0 Å². The topological polar surface area (TPSA) is 54.3 Å². The van der Waals surface area contributed by atoms with Crippen molar-refractivity contribution in [3.63, 3.8) is 0 Å². The minimum absolute atomic E-state index is 0.0121. The maximum atomic E-state index is 12.3. The molecule has 0 bridgehead atoms. The number of rotatable bonds is 7. The molecule has 24 heavy (non-hydrogen) atoms. The molecule has 0 radical (unpaired) electrons. The van der Waals surface area contributed by atoms with Gasteiger partial charge in [0, 0.05) is 4.88 Å². The maximum Gasteiger partial charge on any atom is 0.234 e. The van der Waals surface area contributed by atoms with E-state index in [1.165, 1.54) is 0 Å². The zero-order valence-electron chi connectivity index (χ0n) is 13.4. The van der Waals surface area contributed by atoms with Crippen LogP contribution in [0, 0.1) is 0 Å². The zero-order valence-corrected chi connectivity index (χ0v) is 14.3. The van der Waals surface area contributed by atoms with Crippen LogP contribution < -0.4 is 10.6 Å². The van der Waals surface area contributed by atoms with Gasteiger partial charge in [-0.3, -0.25) is 10.1 Å². The number of amides is 1. The van der Waals surface area contributed by atoms with Gasteiger partial charge in [0.2, 0.25) is 5.91 Å². The van der Waals surface area contributed by atoms with E-state index < -0.39 is 0 Å². The fourth-order valence-electron chi connectivity index (χ4n) is 2.58. The van der Waals surface area contributed by atoms with Crippen LogP contribution in [0.4, 0.5) is 0 Å². The van der Waals surface area contributed by atoms with Gasteiger partial charge in [-0.1, -0.05) is 36.4 Å². The molecule has 2 heterocycles. The van der Waals surface area contributed by atoms with Gasteiger partial charge in [0.15, 0.2) is 0 Å². The van der Waals surface area contributed by atoms with E-state index in [1.807, 2.05) is 66.9 Å². The lowest BCUT2D eigenvalue weighted by atomic mass is 10.0. The molecule has 2 aromatic heterocycles. The quantitative estimate of drug-likeness (QED) is 0.686. The summed E-state index contributed by atoms with van der Waals surface area (Å²) >= 11 is 1.64. The summed E-state index contributed by atoms with van der Waals surface area (Å²) in [6, 6.07) is 17.6. The van der Waals surface area contributed by atoms with Gasteiger partial charge in [-0.15, -0.1) is 11.3 Å². The predicted octanol–water partition coefficient (Wildman–Crippen LogP) is 3.90. The Labute approximate surface area is 145 Å². The second-order valence-corrected chi connectivity index (χ2v) is 6.52. The first-order valence-electron chi connectivity index (χ1n) is 7.88. The molecule has 0 aliphatic carbocycles. The highest BCUT2D eigenvalue weighted by molar-refractivity contribution is 7.10. The van der Waals surface area contributed by atoms with Gasteiger partial charge in [0.05, 0.1) is 24.9 Å². The van der Waals surface area contributed by atoms with Crippen LogP contribution in [0.15, 0.2) is 70.7 Å². The second kappa shape index (κ2) is 7.95. The number of nitrogens with one attached hydrogen (secondary N) is 2. The lowest BCUT2D eigenvalue weighted by Crippen LogP contribution is -2.37. The molecule has 3 rings (SSSR count). The minimum Gasteiger partial charge on any atom is -0.467 e. The van der Waals surface area contributed by atoms with Crippen molar-refractivity contribution < 1.29 is 9.21 Å². The Balaban J connectivity index is 1.62. The first-order chi connectivity index (χ1) is 11.7. The minimum atomic E-state index is -0.149. The lowest BCUT2D eigenvalue weighted by Gasteiger charge is -2.18. The molecular weight excluding hydrogens is 320 g/mol. The van der Waals surface area contributed by atoms with E-state index in [4.69, 9.17) is 4.42 Å². The summed E-state index contributed by atoms with van der Waals surface area (Å²) in [7, 11) is 0. The summed E-state index contributed by atoms with van der Waals surface area (Å²) in [6.07, 6.45) is 1.64. The van der Waals surface area contributed by atoms with Crippen LogP contribution in [0.25, 0.3) is 0 Å². The maximum absolute atomic E-state index is 12.3. The summed E-state index contributed by atoms with van der Waals surface area (Å²) < 4.78 is 5.53. The van der Waals surface area contributed by atoms with E-state index >= 15 is 0 Å². The Morgan fingerprint density at radius 3 is 2.62 bits per heavy atom. The van der Waals surface area contributed by atoms with Gasteiger partial charge in [0.1, 0.15) is 5.76 Å². The third-order valence-electron chi connectivity index (χ3n) is 3.77. The molecule has 1 aromatic carbocycles. The molecule has 0 spiro atoms. The van der Waals surface area contributed by atoms with Crippen LogP contribution in [0.5, 0.6) is 0 Å². The van der Waals surface area contributed by atoms with Gasteiger partial charge in [-0.25, -0.2) is 0 Å². The lowest BCUT2D eigenvalue weighted by molar-refractivity contribution is -0.120. The van der Waals surface area contributed by atoms with Crippen molar-refractivity contribution in [2.45, 2.75) is 19.0 Å². The van der Waals surface area contributed by atoms with Gasteiger partial charge in [-0.05, 0) is 36.1 Å². The fraction of sp³-hybridized carbons (Fsp3) is 0.211. The highest BCUT2D eigenvalue weighted by Crippen LogP contribution is 2.22. The number of hydrogen-bond donors (Lipinski definition) is 2. The van der Waals surface area contributed by atoms with E-state index in [1.54, 1.807) is 17.6 Å². The number of thiophene rings is 1. The van der Waals surface area contributed by atoms with Crippen molar-refractivity contribution in [2.75, 3.05) is 6.54 Å². The normalized spacial score (nSPS) is 13.4. The van der Waals surface area contributed by atoms with Gasteiger partial charge < -0.3 is 9.73 Å². The molecule has 0 aliphatic rings. The molecule has 0 saturated heterocycles. The van der Waals surface area contributed by atoms with E-state index in [2.05, 4.69) is 10.6 Å². The summed E-state index contributed by atoms with van der Waals surface area (Å²) in [6.45, 7) is 2.21. The molecule has 0 fully saturated rings.